The molecule has 1 saturated carbocycles. The molecule has 1 amide bonds. The summed E-state index contributed by atoms with van der Waals surface area (Å²) in [5.74, 6) is 2.63. The average Bonchev–Trinajstić information content (AvgIpc) is 3.30. The Morgan fingerprint density at radius 1 is 1.28 bits per heavy atom. The summed E-state index contributed by atoms with van der Waals surface area (Å²) in [6, 6.07) is 12.2. The molecule has 1 aliphatic carbocycles. The number of nitrogens with one attached hydrogen (secondary N) is 1. The zero-order chi connectivity index (χ0) is 20.2. The van der Waals surface area contributed by atoms with Gasteiger partial charge in [0.15, 0.2) is 5.16 Å². The van der Waals surface area contributed by atoms with Gasteiger partial charge in [0.25, 0.3) is 0 Å². The third-order valence-electron chi connectivity index (χ3n) is 5.18. The van der Waals surface area contributed by atoms with Gasteiger partial charge in [-0.25, -0.2) is 0 Å². The van der Waals surface area contributed by atoms with Crippen molar-refractivity contribution in [3.8, 4) is 0 Å². The fourth-order valence-electron chi connectivity index (χ4n) is 3.30. The molecule has 4 rings (SSSR count). The zero-order valence-electron chi connectivity index (χ0n) is 16.8. The number of hydrogen-bond acceptors (Lipinski definition) is 5. The van der Waals surface area contributed by atoms with Crippen LogP contribution in [0, 0.1) is 0 Å². The number of carbonyl (C=O) groups is 1. The van der Waals surface area contributed by atoms with Crippen LogP contribution in [0.4, 0.5) is 0 Å². The number of thioether (sulfide) groups is 1. The summed E-state index contributed by atoms with van der Waals surface area (Å²) in [5, 5.41) is 12.6. The smallest absolute Gasteiger partial charge is 0.230 e. The number of hydrogen-bond donors (Lipinski definition) is 1. The minimum atomic E-state index is -0.0305. The van der Waals surface area contributed by atoms with Crippen LogP contribution in [0.25, 0.3) is 0 Å². The lowest BCUT2D eigenvalue weighted by molar-refractivity contribution is -0.119. The molecule has 1 fully saturated rings. The normalized spacial score (nSPS) is 14.7. The van der Waals surface area contributed by atoms with Gasteiger partial charge in [-0.1, -0.05) is 43.0 Å². The molecule has 1 unspecified atom stereocenters. The van der Waals surface area contributed by atoms with Crippen LogP contribution in [0.3, 0.4) is 0 Å². The SMILES string of the molecule is CCc1ccc(C(C)NC(=O)CSc2nnc(C3CC3)n2Cc2ccco2)cc1. The quantitative estimate of drug-likeness (QED) is 0.532. The van der Waals surface area contributed by atoms with E-state index in [1.165, 1.54) is 17.3 Å². The van der Waals surface area contributed by atoms with Crippen LogP contribution in [-0.4, -0.2) is 26.4 Å². The highest BCUT2D eigenvalue weighted by molar-refractivity contribution is 7.99. The van der Waals surface area contributed by atoms with E-state index in [4.69, 9.17) is 4.42 Å². The highest BCUT2D eigenvalue weighted by Crippen LogP contribution is 2.40. The van der Waals surface area contributed by atoms with Gasteiger partial charge in [0.2, 0.25) is 5.91 Å². The second kappa shape index (κ2) is 8.86. The van der Waals surface area contributed by atoms with Gasteiger partial charge in [-0.3, -0.25) is 9.36 Å². The largest absolute Gasteiger partial charge is 0.467 e. The molecule has 29 heavy (non-hydrogen) atoms. The number of amides is 1. The highest BCUT2D eigenvalue weighted by atomic mass is 32.2. The van der Waals surface area contributed by atoms with Gasteiger partial charge in [0, 0.05) is 5.92 Å². The molecular formula is C22H26N4O2S. The third kappa shape index (κ3) is 4.90. The first-order valence-corrected chi connectivity index (χ1v) is 11.1. The van der Waals surface area contributed by atoms with E-state index in [1.54, 1.807) is 6.26 Å². The summed E-state index contributed by atoms with van der Waals surface area (Å²) in [5.41, 5.74) is 2.41. The number of carbonyl (C=O) groups excluding carboxylic acids is 1. The second-order valence-electron chi connectivity index (χ2n) is 7.45. The second-order valence-corrected chi connectivity index (χ2v) is 8.40. The van der Waals surface area contributed by atoms with E-state index in [0.717, 1.165) is 41.6 Å². The van der Waals surface area contributed by atoms with E-state index in [1.807, 2.05) is 19.1 Å². The molecule has 3 aromatic rings. The number of benzene rings is 1. The van der Waals surface area contributed by atoms with Gasteiger partial charge in [-0.15, -0.1) is 10.2 Å². The summed E-state index contributed by atoms with van der Waals surface area (Å²) >= 11 is 1.42. The molecule has 2 heterocycles. The van der Waals surface area contributed by atoms with E-state index in [0.29, 0.717) is 18.2 Å². The van der Waals surface area contributed by atoms with Crippen LogP contribution in [0.2, 0.25) is 0 Å². The van der Waals surface area contributed by atoms with Crippen LogP contribution in [0.1, 0.15) is 61.4 Å². The van der Waals surface area contributed by atoms with Crippen molar-refractivity contribution in [2.24, 2.45) is 0 Å². The zero-order valence-corrected chi connectivity index (χ0v) is 17.6. The van der Waals surface area contributed by atoms with E-state index in [2.05, 4.69) is 51.3 Å². The molecule has 0 bridgehead atoms. The first kappa shape index (κ1) is 19.8. The minimum Gasteiger partial charge on any atom is -0.467 e. The van der Waals surface area contributed by atoms with Gasteiger partial charge in [-0.2, -0.15) is 0 Å². The summed E-state index contributed by atoms with van der Waals surface area (Å²) in [4.78, 5) is 12.5. The fourth-order valence-corrected chi connectivity index (χ4v) is 4.05. The van der Waals surface area contributed by atoms with Crippen molar-refractivity contribution in [3.63, 3.8) is 0 Å². The molecular weight excluding hydrogens is 384 g/mol. The maximum absolute atomic E-state index is 12.5. The summed E-state index contributed by atoms with van der Waals surface area (Å²) < 4.78 is 7.58. The van der Waals surface area contributed by atoms with Crippen LogP contribution in [-0.2, 0) is 17.8 Å². The van der Waals surface area contributed by atoms with E-state index >= 15 is 0 Å². The van der Waals surface area contributed by atoms with Gasteiger partial charge in [-0.05, 0) is 49.4 Å². The van der Waals surface area contributed by atoms with Crippen molar-refractivity contribution in [2.75, 3.05) is 5.75 Å². The lowest BCUT2D eigenvalue weighted by atomic mass is 10.1. The topological polar surface area (TPSA) is 73.0 Å². The molecule has 152 valence electrons. The molecule has 0 aliphatic heterocycles. The molecule has 6 nitrogen and oxygen atoms in total. The van der Waals surface area contributed by atoms with Crippen molar-refractivity contribution in [1.82, 2.24) is 20.1 Å². The maximum Gasteiger partial charge on any atom is 0.230 e. The Morgan fingerprint density at radius 2 is 2.07 bits per heavy atom. The molecule has 1 aliphatic rings. The molecule has 1 atom stereocenters. The Bertz CT molecular complexity index is 946. The van der Waals surface area contributed by atoms with E-state index in [-0.39, 0.29) is 11.9 Å². The van der Waals surface area contributed by atoms with Crippen molar-refractivity contribution < 1.29 is 9.21 Å². The third-order valence-corrected chi connectivity index (χ3v) is 6.15. The Balaban J connectivity index is 1.37. The summed E-state index contributed by atoms with van der Waals surface area (Å²) in [6.45, 7) is 4.74. The van der Waals surface area contributed by atoms with Crippen molar-refractivity contribution >= 4 is 17.7 Å². The van der Waals surface area contributed by atoms with E-state index in [9.17, 15) is 4.79 Å². The van der Waals surface area contributed by atoms with E-state index < -0.39 is 0 Å². The van der Waals surface area contributed by atoms with Crippen LogP contribution >= 0.6 is 11.8 Å². The van der Waals surface area contributed by atoms with Crippen LogP contribution < -0.4 is 5.32 Å². The van der Waals surface area contributed by atoms with Gasteiger partial charge < -0.3 is 9.73 Å². The number of aryl methyl sites for hydroxylation is 1. The predicted molar refractivity (Wildman–Crippen MR) is 113 cm³/mol. The molecule has 7 heteroatoms. The Labute approximate surface area is 175 Å². The Hall–Kier alpha value is -2.54. The monoisotopic (exact) mass is 410 g/mol. The number of aromatic nitrogens is 3. The molecule has 2 aromatic heterocycles. The summed E-state index contributed by atoms with van der Waals surface area (Å²) in [6.07, 6.45) is 4.98. The molecule has 0 spiro atoms. The predicted octanol–water partition coefficient (Wildman–Crippen LogP) is 4.33. The standard InChI is InChI=1S/C22H26N4O2S/c1-3-16-6-8-17(9-7-16)15(2)23-20(27)14-29-22-25-24-21(18-10-11-18)26(22)13-19-5-4-12-28-19/h4-9,12,15,18H,3,10-11,13-14H2,1-2H3,(H,23,27). The van der Waals surface area contributed by atoms with Crippen molar-refractivity contribution in [2.45, 2.75) is 56.8 Å². The van der Waals surface area contributed by atoms with Crippen LogP contribution in [0.5, 0.6) is 0 Å². The van der Waals surface area contributed by atoms with Crippen molar-refractivity contribution in [3.05, 3.63) is 65.4 Å². The molecule has 0 radical (unpaired) electrons. The Morgan fingerprint density at radius 3 is 2.72 bits per heavy atom. The van der Waals surface area contributed by atoms with Gasteiger partial charge in [0.05, 0.1) is 24.6 Å². The van der Waals surface area contributed by atoms with Gasteiger partial charge >= 0.3 is 0 Å². The first-order valence-electron chi connectivity index (χ1n) is 10.1. The lowest BCUT2D eigenvalue weighted by Crippen LogP contribution is -2.28. The fraction of sp³-hybridized carbons (Fsp3) is 0.409. The maximum atomic E-state index is 12.5. The average molecular weight is 411 g/mol. The highest BCUT2D eigenvalue weighted by Gasteiger charge is 2.30. The number of nitrogens with zero attached hydrogens (tertiary/aromatic N) is 3. The number of rotatable bonds is 9. The van der Waals surface area contributed by atoms with Gasteiger partial charge in [0.1, 0.15) is 11.6 Å². The first-order chi connectivity index (χ1) is 14.1. The van der Waals surface area contributed by atoms with Crippen molar-refractivity contribution in [1.29, 1.82) is 0 Å². The lowest BCUT2D eigenvalue weighted by Gasteiger charge is -2.15. The number of furan rings is 1. The molecule has 1 aromatic carbocycles. The Kier molecular flexibility index (Phi) is 6.04. The minimum absolute atomic E-state index is 0.0115. The molecule has 1 N–H and O–H groups in total. The molecule has 0 saturated heterocycles. The summed E-state index contributed by atoms with van der Waals surface area (Å²) in [7, 11) is 0. The van der Waals surface area contributed by atoms with Crippen LogP contribution in [0.15, 0.2) is 52.2 Å².